The number of carboxylic acids is 1. The molecule has 0 amide bonds. The van der Waals surface area contributed by atoms with Gasteiger partial charge in [-0.15, -0.1) is 0 Å². The molecule has 0 saturated carbocycles. The SMILES string of the molecule is [NH3+]C(CCO)C(=O)[O-]. The van der Waals surface area contributed by atoms with Crippen LogP contribution < -0.4 is 10.8 Å². The minimum absolute atomic E-state index is 0.151. The van der Waals surface area contributed by atoms with E-state index in [-0.39, 0.29) is 13.0 Å². The molecule has 0 aromatic rings. The number of aliphatic hydroxyl groups is 1. The van der Waals surface area contributed by atoms with Crippen molar-refractivity contribution < 1.29 is 20.7 Å². The van der Waals surface area contributed by atoms with Gasteiger partial charge in [0.05, 0.1) is 5.97 Å². The number of carboxylic acid groups (broad SMARTS) is 1. The molecule has 8 heavy (non-hydrogen) atoms. The Labute approximate surface area is 46.9 Å². The van der Waals surface area contributed by atoms with Gasteiger partial charge in [-0.3, -0.25) is 0 Å². The summed E-state index contributed by atoms with van der Waals surface area (Å²) in [6.45, 7) is -0.151. The first-order valence-electron chi connectivity index (χ1n) is 2.33. The van der Waals surface area contributed by atoms with Crippen LogP contribution >= 0.6 is 0 Å². The molecule has 4 nitrogen and oxygen atoms in total. The molecule has 0 aliphatic heterocycles. The van der Waals surface area contributed by atoms with Crippen LogP contribution in [0.2, 0.25) is 0 Å². The van der Waals surface area contributed by atoms with Gasteiger partial charge in [0.15, 0.2) is 0 Å². The molecule has 1 atom stereocenters. The molecule has 0 aromatic carbocycles. The van der Waals surface area contributed by atoms with Gasteiger partial charge in [0.2, 0.25) is 0 Å². The second-order valence-corrected chi connectivity index (χ2v) is 1.53. The Bertz CT molecular complexity index is 83.4. The summed E-state index contributed by atoms with van der Waals surface area (Å²) in [5.41, 5.74) is 3.21. The van der Waals surface area contributed by atoms with Gasteiger partial charge < -0.3 is 20.7 Å². The maximum atomic E-state index is 9.80. The van der Waals surface area contributed by atoms with Crippen molar-refractivity contribution in [2.45, 2.75) is 12.5 Å². The number of rotatable bonds is 3. The number of quaternary nitrogens is 1. The van der Waals surface area contributed by atoms with Crippen molar-refractivity contribution in [3.05, 3.63) is 0 Å². The van der Waals surface area contributed by atoms with E-state index in [0.717, 1.165) is 0 Å². The highest BCUT2D eigenvalue weighted by Crippen LogP contribution is 1.78. The number of hydrogen-bond donors (Lipinski definition) is 2. The third-order valence-electron chi connectivity index (χ3n) is 0.811. The van der Waals surface area contributed by atoms with E-state index in [9.17, 15) is 9.90 Å². The van der Waals surface area contributed by atoms with Gasteiger partial charge in [0.1, 0.15) is 6.04 Å². The van der Waals surface area contributed by atoms with E-state index in [4.69, 9.17) is 5.11 Å². The molecule has 4 N–H and O–H groups in total. The van der Waals surface area contributed by atoms with Crippen LogP contribution in [0.5, 0.6) is 0 Å². The van der Waals surface area contributed by atoms with E-state index < -0.39 is 12.0 Å². The molecule has 0 aliphatic carbocycles. The first-order valence-corrected chi connectivity index (χ1v) is 2.33. The Morgan fingerprint density at radius 2 is 2.38 bits per heavy atom. The fourth-order valence-electron chi connectivity index (χ4n) is 0.274. The van der Waals surface area contributed by atoms with Crippen LogP contribution in [0, 0.1) is 0 Å². The van der Waals surface area contributed by atoms with Crippen LogP contribution in [-0.4, -0.2) is 23.7 Å². The summed E-state index contributed by atoms with van der Waals surface area (Å²) in [4.78, 5) is 9.80. The summed E-state index contributed by atoms with van der Waals surface area (Å²) < 4.78 is 0. The quantitative estimate of drug-likeness (QED) is 0.408. The van der Waals surface area contributed by atoms with Crippen molar-refractivity contribution in [3.63, 3.8) is 0 Å². The second-order valence-electron chi connectivity index (χ2n) is 1.53. The van der Waals surface area contributed by atoms with Gasteiger partial charge in [0.25, 0.3) is 0 Å². The van der Waals surface area contributed by atoms with E-state index in [0.29, 0.717) is 0 Å². The normalized spacial score (nSPS) is 13.2. The molecule has 0 bridgehead atoms. The first-order chi connectivity index (χ1) is 3.68. The van der Waals surface area contributed by atoms with Gasteiger partial charge in [-0.25, -0.2) is 0 Å². The summed E-state index contributed by atoms with van der Waals surface area (Å²) in [6.07, 6.45) is 0.169. The zero-order valence-electron chi connectivity index (χ0n) is 4.46. The lowest BCUT2D eigenvalue weighted by Crippen LogP contribution is -2.68. The van der Waals surface area contributed by atoms with E-state index in [1.165, 1.54) is 0 Å². The van der Waals surface area contributed by atoms with Gasteiger partial charge in [0, 0.05) is 13.0 Å². The molecular formula is C4H9NO3. The molecule has 48 valence electrons. The number of carbonyl (C=O) groups is 1. The first kappa shape index (κ1) is 7.39. The number of carbonyl (C=O) groups excluding carboxylic acids is 1. The average Bonchev–Trinajstić information content (AvgIpc) is 1.67. The summed E-state index contributed by atoms with van der Waals surface area (Å²) >= 11 is 0. The summed E-state index contributed by atoms with van der Waals surface area (Å²) in [6, 6.07) is -0.778. The number of aliphatic hydroxyl groups excluding tert-OH is 1. The monoisotopic (exact) mass is 119 g/mol. The van der Waals surface area contributed by atoms with Gasteiger partial charge in [-0.05, 0) is 0 Å². The highest BCUT2D eigenvalue weighted by atomic mass is 16.4. The van der Waals surface area contributed by atoms with Crippen molar-refractivity contribution >= 4 is 5.97 Å². The van der Waals surface area contributed by atoms with E-state index >= 15 is 0 Å². The zero-order valence-corrected chi connectivity index (χ0v) is 4.46. The molecule has 0 aliphatic rings. The average molecular weight is 119 g/mol. The number of aliphatic carboxylic acids is 1. The third kappa shape index (κ3) is 2.54. The molecule has 0 rings (SSSR count). The minimum Gasteiger partial charge on any atom is -0.544 e. The maximum absolute atomic E-state index is 9.80. The summed E-state index contributed by atoms with van der Waals surface area (Å²) in [5.74, 6) is -1.21. The van der Waals surface area contributed by atoms with Crippen molar-refractivity contribution in [1.82, 2.24) is 0 Å². The van der Waals surface area contributed by atoms with Crippen LogP contribution in [0.1, 0.15) is 6.42 Å². The summed E-state index contributed by atoms with van der Waals surface area (Å²) in [5, 5.41) is 18.0. The molecule has 1 unspecified atom stereocenters. The van der Waals surface area contributed by atoms with Crippen LogP contribution in [0.15, 0.2) is 0 Å². The molecule has 0 fully saturated rings. The molecule has 0 radical (unpaired) electrons. The van der Waals surface area contributed by atoms with Gasteiger partial charge in [-0.1, -0.05) is 0 Å². The second kappa shape index (κ2) is 3.40. The standard InChI is InChI=1S/C4H9NO3/c5-3(1-2-6)4(7)8/h3,6H,1-2,5H2,(H,7,8). The highest BCUT2D eigenvalue weighted by Gasteiger charge is 2.03. The molecule has 0 heterocycles. The molecule has 0 spiro atoms. The highest BCUT2D eigenvalue weighted by molar-refractivity contribution is 5.68. The predicted octanol–water partition coefficient (Wildman–Crippen LogP) is -3.27. The smallest absolute Gasteiger partial charge is 0.127 e. The lowest BCUT2D eigenvalue weighted by molar-refractivity contribution is -0.439. The Morgan fingerprint density at radius 1 is 1.88 bits per heavy atom. The Hall–Kier alpha value is -0.610. The van der Waals surface area contributed by atoms with Crippen molar-refractivity contribution in [1.29, 1.82) is 0 Å². The van der Waals surface area contributed by atoms with Crippen LogP contribution in [0.3, 0.4) is 0 Å². The maximum Gasteiger partial charge on any atom is 0.127 e. The lowest BCUT2D eigenvalue weighted by Gasteiger charge is -2.05. The number of hydrogen-bond acceptors (Lipinski definition) is 3. The Balaban J connectivity index is 3.32. The fourth-order valence-corrected chi connectivity index (χ4v) is 0.274. The minimum atomic E-state index is -1.21. The van der Waals surface area contributed by atoms with Crippen molar-refractivity contribution in [3.8, 4) is 0 Å². The van der Waals surface area contributed by atoms with Gasteiger partial charge >= 0.3 is 0 Å². The largest absolute Gasteiger partial charge is 0.544 e. The predicted molar refractivity (Wildman–Crippen MR) is 23.4 cm³/mol. The van der Waals surface area contributed by atoms with Crippen molar-refractivity contribution in [2.24, 2.45) is 0 Å². The van der Waals surface area contributed by atoms with E-state index in [1.54, 1.807) is 0 Å². The lowest BCUT2D eigenvalue weighted by atomic mass is 10.2. The molecule has 4 heteroatoms. The Kier molecular flexibility index (Phi) is 3.14. The van der Waals surface area contributed by atoms with Gasteiger partial charge in [-0.2, -0.15) is 0 Å². The molecule has 0 aromatic heterocycles. The Morgan fingerprint density at radius 3 is 2.50 bits per heavy atom. The van der Waals surface area contributed by atoms with Crippen molar-refractivity contribution in [2.75, 3.05) is 6.61 Å². The fraction of sp³-hybridized carbons (Fsp3) is 0.750. The molecular weight excluding hydrogens is 110 g/mol. The van der Waals surface area contributed by atoms with E-state index in [2.05, 4.69) is 5.73 Å². The van der Waals surface area contributed by atoms with Crippen LogP contribution in [0.25, 0.3) is 0 Å². The van der Waals surface area contributed by atoms with Crippen LogP contribution in [-0.2, 0) is 4.79 Å². The third-order valence-corrected chi connectivity index (χ3v) is 0.811. The topological polar surface area (TPSA) is 88.0 Å². The zero-order chi connectivity index (χ0) is 6.57. The molecule has 0 saturated heterocycles. The summed E-state index contributed by atoms with van der Waals surface area (Å²) in [7, 11) is 0. The van der Waals surface area contributed by atoms with Crippen LogP contribution in [0.4, 0.5) is 0 Å². The van der Waals surface area contributed by atoms with E-state index in [1.807, 2.05) is 0 Å².